The Hall–Kier alpha value is -4.08. The van der Waals surface area contributed by atoms with E-state index in [-0.39, 0.29) is 30.2 Å². The first kappa shape index (κ1) is 23.7. The summed E-state index contributed by atoms with van der Waals surface area (Å²) in [6.45, 7) is 3.99. The number of anilines is 1. The molecule has 4 unspecified atom stereocenters. The lowest BCUT2D eigenvalue weighted by Gasteiger charge is -2.31. The smallest absolute Gasteiger partial charge is 0.338 e. The summed E-state index contributed by atoms with van der Waals surface area (Å²) in [7, 11) is 0. The second kappa shape index (κ2) is 9.52. The molecule has 36 heavy (non-hydrogen) atoms. The van der Waals surface area contributed by atoms with Crippen molar-refractivity contribution < 1.29 is 19.2 Å². The number of nitrogens with zero attached hydrogens (tertiary/aromatic N) is 2. The Morgan fingerprint density at radius 1 is 1.00 bits per heavy atom. The van der Waals surface area contributed by atoms with Crippen molar-refractivity contribution in [1.29, 1.82) is 0 Å². The van der Waals surface area contributed by atoms with Crippen LogP contribution >= 0.6 is 0 Å². The minimum Gasteiger partial charge on any atom is -0.462 e. The Morgan fingerprint density at radius 2 is 1.67 bits per heavy atom. The lowest BCUT2D eigenvalue weighted by atomic mass is 9.82. The highest BCUT2D eigenvalue weighted by Gasteiger charge is 2.57. The van der Waals surface area contributed by atoms with Gasteiger partial charge < -0.3 is 9.64 Å². The molecule has 9 nitrogen and oxygen atoms in total. The molecule has 2 aliphatic heterocycles. The predicted molar refractivity (Wildman–Crippen MR) is 133 cm³/mol. The maximum Gasteiger partial charge on any atom is 0.338 e. The fraction of sp³-hybridized carbons (Fsp3) is 0.259. The highest BCUT2D eigenvalue weighted by molar-refractivity contribution is 6.02. The van der Waals surface area contributed by atoms with Gasteiger partial charge in [0.05, 0.1) is 34.7 Å². The lowest BCUT2D eigenvalue weighted by Crippen LogP contribution is -2.41. The van der Waals surface area contributed by atoms with Crippen LogP contribution in [0.3, 0.4) is 0 Å². The summed E-state index contributed by atoms with van der Waals surface area (Å²) in [4.78, 5) is 39.1. The summed E-state index contributed by atoms with van der Waals surface area (Å²) in [6, 6.07) is 19.7. The Bertz CT molecular complexity index is 1310. The van der Waals surface area contributed by atoms with Crippen LogP contribution in [0.2, 0.25) is 0 Å². The number of carbonyl (C=O) groups excluding carboxylic acids is 2. The van der Waals surface area contributed by atoms with E-state index in [1.54, 1.807) is 54.3 Å². The molecule has 0 radical (unpaired) electrons. The van der Waals surface area contributed by atoms with Crippen molar-refractivity contribution in [3.05, 3.63) is 105 Å². The molecule has 5 rings (SSSR count). The third-order valence-electron chi connectivity index (χ3n) is 6.86. The Kier molecular flexibility index (Phi) is 6.26. The molecule has 9 heteroatoms. The zero-order valence-electron chi connectivity index (χ0n) is 19.9. The van der Waals surface area contributed by atoms with Crippen LogP contribution in [0.1, 0.15) is 46.1 Å². The maximum atomic E-state index is 13.8. The van der Waals surface area contributed by atoms with Crippen molar-refractivity contribution in [1.82, 2.24) is 10.9 Å². The van der Waals surface area contributed by atoms with Crippen LogP contribution < -0.4 is 15.8 Å². The summed E-state index contributed by atoms with van der Waals surface area (Å²) in [5.41, 5.74) is 9.83. The van der Waals surface area contributed by atoms with Gasteiger partial charge in [-0.15, -0.1) is 0 Å². The first-order valence-corrected chi connectivity index (χ1v) is 11.8. The molecule has 2 heterocycles. The molecular weight excluding hydrogens is 460 g/mol. The zero-order chi connectivity index (χ0) is 25.4. The topological polar surface area (TPSA) is 114 Å². The van der Waals surface area contributed by atoms with E-state index in [0.717, 1.165) is 11.1 Å². The van der Waals surface area contributed by atoms with E-state index >= 15 is 0 Å². The second-order valence-corrected chi connectivity index (χ2v) is 8.97. The predicted octanol–water partition coefficient (Wildman–Crippen LogP) is 4.00. The van der Waals surface area contributed by atoms with Gasteiger partial charge in [0.1, 0.15) is 6.04 Å². The molecule has 4 atom stereocenters. The second-order valence-electron chi connectivity index (χ2n) is 8.97. The van der Waals surface area contributed by atoms with Crippen LogP contribution in [0, 0.1) is 23.0 Å². The van der Waals surface area contributed by atoms with Crippen LogP contribution in [0.25, 0.3) is 0 Å². The number of benzene rings is 3. The number of nitro benzene ring substituents is 1. The fourth-order valence-electron chi connectivity index (χ4n) is 5.20. The number of nitro groups is 1. The number of aryl methyl sites for hydroxylation is 1. The largest absolute Gasteiger partial charge is 0.462 e. The number of fused-ring (bicyclic) bond motifs is 1. The van der Waals surface area contributed by atoms with Gasteiger partial charge in [0.25, 0.3) is 5.69 Å². The average Bonchev–Trinajstić information content (AvgIpc) is 3.43. The van der Waals surface area contributed by atoms with E-state index in [2.05, 4.69) is 10.9 Å². The molecular formula is C27H26N4O5. The molecule has 3 aromatic rings. The Morgan fingerprint density at radius 3 is 2.33 bits per heavy atom. The molecule has 0 aliphatic carbocycles. The lowest BCUT2D eigenvalue weighted by molar-refractivity contribution is -0.385. The molecule has 0 saturated carbocycles. The van der Waals surface area contributed by atoms with Crippen LogP contribution in [0.5, 0.6) is 0 Å². The number of nitrogens with one attached hydrogen (secondary N) is 2. The number of hydrazine groups is 1. The van der Waals surface area contributed by atoms with E-state index in [4.69, 9.17) is 4.74 Å². The molecule has 0 bridgehead atoms. The monoisotopic (exact) mass is 486 g/mol. The summed E-state index contributed by atoms with van der Waals surface area (Å²) in [5.74, 6) is -0.977. The van der Waals surface area contributed by atoms with Gasteiger partial charge in [0, 0.05) is 17.7 Å². The third kappa shape index (κ3) is 4.02. The van der Waals surface area contributed by atoms with Crippen molar-refractivity contribution in [3.8, 4) is 0 Å². The molecule has 0 aromatic heterocycles. The summed E-state index contributed by atoms with van der Waals surface area (Å²) < 4.78 is 5.07. The molecule has 1 amide bonds. The summed E-state index contributed by atoms with van der Waals surface area (Å²) in [6.07, 6.45) is 0. The van der Waals surface area contributed by atoms with E-state index in [9.17, 15) is 19.7 Å². The van der Waals surface area contributed by atoms with Crippen molar-refractivity contribution in [2.45, 2.75) is 32.0 Å². The number of hydrogen-bond donors (Lipinski definition) is 2. The molecule has 2 N–H and O–H groups in total. The number of para-hydroxylation sites is 1. The summed E-state index contributed by atoms with van der Waals surface area (Å²) in [5, 5.41) is 12.0. The molecule has 3 aromatic carbocycles. The number of rotatable bonds is 6. The standard InChI is InChI=1S/C27H26N4O5/c1-3-36-27(33)18-12-14-19(15-13-18)30-25(20-6-4-5-7-21(20)31(34)35)22-23(28-29-24(22)26(30)32)17-10-8-16(2)9-11-17/h4-15,22-25,28-29H,3H2,1-2H3. The van der Waals surface area contributed by atoms with Crippen LogP contribution in [-0.4, -0.2) is 29.4 Å². The highest BCUT2D eigenvalue weighted by atomic mass is 16.6. The fourth-order valence-corrected chi connectivity index (χ4v) is 5.20. The zero-order valence-corrected chi connectivity index (χ0v) is 19.9. The number of carbonyl (C=O) groups is 2. The number of amides is 1. The molecule has 2 aliphatic rings. The number of hydrogen-bond acceptors (Lipinski definition) is 7. The van der Waals surface area contributed by atoms with Crippen molar-refractivity contribution in [2.24, 2.45) is 5.92 Å². The SMILES string of the molecule is CCOC(=O)c1ccc(N2C(=O)C3NNC(c4ccc(C)cc4)C3C2c2ccccc2[N+](=O)[O-])cc1. The van der Waals surface area contributed by atoms with Crippen molar-refractivity contribution in [3.63, 3.8) is 0 Å². The van der Waals surface area contributed by atoms with E-state index in [1.165, 1.54) is 6.07 Å². The molecule has 2 fully saturated rings. The van der Waals surface area contributed by atoms with Gasteiger partial charge in [-0.2, -0.15) is 0 Å². The van der Waals surface area contributed by atoms with Gasteiger partial charge >= 0.3 is 5.97 Å². The average molecular weight is 487 g/mol. The van der Waals surface area contributed by atoms with Gasteiger partial charge in [-0.1, -0.05) is 48.0 Å². The maximum absolute atomic E-state index is 13.8. The van der Waals surface area contributed by atoms with Gasteiger partial charge in [0.15, 0.2) is 0 Å². The highest BCUT2D eigenvalue weighted by Crippen LogP contribution is 2.50. The van der Waals surface area contributed by atoms with E-state index in [0.29, 0.717) is 16.8 Å². The van der Waals surface area contributed by atoms with E-state index in [1.807, 2.05) is 31.2 Å². The Labute approximate surface area is 208 Å². The molecule has 2 saturated heterocycles. The van der Waals surface area contributed by atoms with Gasteiger partial charge in [0.2, 0.25) is 5.91 Å². The normalized spacial score (nSPS) is 22.9. The number of ether oxygens (including phenoxy) is 1. The van der Waals surface area contributed by atoms with Crippen LogP contribution in [-0.2, 0) is 9.53 Å². The van der Waals surface area contributed by atoms with Crippen LogP contribution in [0.15, 0.2) is 72.8 Å². The van der Waals surface area contributed by atoms with Crippen molar-refractivity contribution >= 4 is 23.3 Å². The van der Waals surface area contributed by atoms with Gasteiger partial charge in [-0.3, -0.25) is 14.9 Å². The molecule has 184 valence electrons. The minimum absolute atomic E-state index is 0.0429. The Balaban J connectivity index is 1.62. The van der Waals surface area contributed by atoms with Gasteiger partial charge in [-0.25, -0.2) is 15.6 Å². The molecule has 0 spiro atoms. The van der Waals surface area contributed by atoms with Gasteiger partial charge in [-0.05, 0) is 43.7 Å². The minimum atomic E-state index is -0.619. The quantitative estimate of drug-likeness (QED) is 0.308. The number of esters is 1. The summed E-state index contributed by atoms with van der Waals surface area (Å²) >= 11 is 0. The van der Waals surface area contributed by atoms with E-state index < -0.39 is 23.0 Å². The first-order valence-electron chi connectivity index (χ1n) is 11.8. The first-order chi connectivity index (χ1) is 17.4. The third-order valence-corrected chi connectivity index (χ3v) is 6.86. The van der Waals surface area contributed by atoms with Crippen LogP contribution in [0.4, 0.5) is 11.4 Å². The van der Waals surface area contributed by atoms with Crippen molar-refractivity contribution in [2.75, 3.05) is 11.5 Å².